The van der Waals surface area contributed by atoms with E-state index in [0.717, 1.165) is 30.8 Å². The fraction of sp³-hybridized carbons (Fsp3) is 0.625. The molecule has 0 aromatic heterocycles. The lowest BCUT2D eigenvalue weighted by Gasteiger charge is -2.62. The molecule has 0 spiro atoms. The molecule has 152 valence electrons. The zero-order valence-electron chi connectivity index (χ0n) is 16.7. The summed E-state index contributed by atoms with van der Waals surface area (Å²) < 4.78 is 11.4. The highest BCUT2D eigenvalue weighted by Gasteiger charge is 2.56. The normalized spacial score (nSPS) is 33.0. The molecule has 1 aromatic rings. The summed E-state index contributed by atoms with van der Waals surface area (Å²) in [5.41, 5.74) is 0.855. The monoisotopic (exact) mass is 400 g/mol. The van der Waals surface area contributed by atoms with Crippen LogP contribution in [0.3, 0.4) is 0 Å². The predicted octanol–water partition coefficient (Wildman–Crippen LogP) is 5.85. The number of benzene rings is 1. The van der Waals surface area contributed by atoms with Gasteiger partial charge in [-0.3, -0.25) is 0 Å². The molecule has 4 aliphatic carbocycles. The highest BCUT2D eigenvalue weighted by atomic mass is 32.2. The smallest absolute Gasteiger partial charge is 0.330 e. The van der Waals surface area contributed by atoms with Crippen molar-refractivity contribution in [2.75, 3.05) is 19.2 Å². The topological polar surface area (TPSA) is 35.5 Å². The predicted molar refractivity (Wildman–Crippen MR) is 113 cm³/mol. The van der Waals surface area contributed by atoms with E-state index in [-0.39, 0.29) is 5.97 Å². The third-order valence-electron chi connectivity index (χ3n) is 7.18. The molecule has 0 N–H and O–H groups in total. The molecule has 4 heteroatoms. The Hall–Kier alpha value is -1.26. The van der Waals surface area contributed by atoms with E-state index in [2.05, 4.69) is 30.8 Å². The fourth-order valence-electron chi connectivity index (χ4n) is 6.64. The molecule has 1 aromatic carbocycles. The number of carbonyl (C=O) groups excluding carboxylic acids is 1. The van der Waals surface area contributed by atoms with E-state index in [1.54, 1.807) is 11.8 Å². The number of esters is 1. The van der Waals surface area contributed by atoms with E-state index in [4.69, 9.17) is 9.47 Å². The summed E-state index contributed by atoms with van der Waals surface area (Å²) in [5.74, 6) is 2.18. The first kappa shape index (κ1) is 20.0. The molecule has 0 aliphatic heterocycles. The molecular weight excluding hydrogens is 368 g/mol. The average molecular weight is 401 g/mol. The Morgan fingerprint density at radius 2 is 1.71 bits per heavy atom. The van der Waals surface area contributed by atoms with Crippen LogP contribution < -0.4 is 0 Å². The molecule has 4 aliphatic rings. The van der Waals surface area contributed by atoms with Gasteiger partial charge in [0.15, 0.2) is 0 Å². The number of thioether (sulfide) groups is 1. The zero-order valence-corrected chi connectivity index (χ0v) is 17.6. The molecule has 2 unspecified atom stereocenters. The van der Waals surface area contributed by atoms with Gasteiger partial charge in [0.1, 0.15) is 0 Å². The van der Waals surface area contributed by atoms with E-state index in [0.29, 0.717) is 17.4 Å². The minimum atomic E-state index is -0.288. The van der Waals surface area contributed by atoms with Crippen molar-refractivity contribution >= 4 is 17.7 Å². The lowest BCUT2D eigenvalue weighted by molar-refractivity contribution is -0.145. The molecule has 0 radical (unpaired) electrons. The summed E-state index contributed by atoms with van der Waals surface area (Å²) in [6.45, 7) is 4.90. The molecule has 4 fully saturated rings. The van der Waals surface area contributed by atoms with Gasteiger partial charge in [-0.05, 0) is 86.2 Å². The Balaban J connectivity index is 1.27. The maximum atomic E-state index is 11.4. The average Bonchev–Trinajstić information content (AvgIpc) is 2.67. The van der Waals surface area contributed by atoms with Gasteiger partial charge in [-0.2, -0.15) is 0 Å². The van der Waals surface area contributed by atoms with E-state index < -0.39 is 0 Å². The van der Waals surface area contributed by atoms with Gasteiger partial charge in [0.05, 0.1) is 12.5 Å². The van der Waals surface area contributed by atoms with Crippen molar-refractivity contribution in [2.45, 2.75) is 56.3 Å². The second-order valence-electron chi connectivity index (χ2n) is 9.32. The van der Waals surface area contributed by atoms with Crippen molar-refractivity contribution in [3.63, 3.8) is 0 Å². The molecular formula is C24H32O3S. The van der Waals surface area contributed by atoms with Crippen LogP contribution >= 0.6 is 11.8 Å². The Morgan fingerprint density at radius 3 is 2.36 bits per heavy atom. The number of ether oxygens (including phenoxy) is 2. The largest absolute Gasteiger partial charge is 0.463 e. The van der Waals surface area contributed by atoms with Crippen LogP contribution in [0, 0.1) is 22.7 Å². The summed E-state index contributed by atoms with van der Waals surface area (Å²) in [6.07, 6.45) is 11.6. The highest BCUT2D eigenvalue weighted by molar-refractivity contribution is 7.99. The molecule has 4 bridgehead atoms. The van der Waals surface area contributed by atoms with Crippen LogP contribution in [-0.2, 0) is 14.3 Å². The van der Waals surface area contributed by atoms with E-state index >= 15 is 0 Å². The Morgan fingerprint density at radius 1 is 1.07 bits per heavy atom. The maximum Gasteiger partial charge on any atom is 0.330 e. The van der Waals surface area contributed by atoms with Crippen molar-refractivity contribution in [1.29, 1.82) is 0 Å². The maximum absolute atomic E-state index is 11.4. The van der Waals surface area contributed by atoms with Gasteiger partial charge >= 0.3 is 5.97 Å². The van der Waals surface area contributed by atoms with Crippen molar-refractivity contribution in [2.24, 2.45) is 22.7 Å². The van der Waals surface area contributed by atoms with E-state index in [9.17, 15) is 4.79 Å². The van der Waals surface area contributed by atoms with Crippen molar-refractivity contribution < 1.29 is 14.3 Å². The van der Waals surface area contributed by atoms with Crippen LogP contribution in [-0.4, -0.2) is 25.1 Å². The van der Waals surface area contributed by atoms with Crippen LogP contribution in [0.4, 0.5) is 0 Å². The van der Waals surface area contributed by atoms with Gasteiger partial charge < -0.3 is 9.47 Å². The molecule has 5 rings (SSSR count). The Labute approximate surface area is 173 Å². The Bertz CT molecular complexity index is 672. The highest BCUT2D eigenvalue weighted by Crippen LogP contribution is 2.67. The number of hydrogen-bond acceptors (Lipinski definition) is 4. The number of hydrogen-bond donors (Lipinski definition) is 0. The summed E-state index contributed by atoms with van der Waals surface area (Å²) in [5, 5.41) is 0. The summed E-state index contributed by atoms with van der Waals surface area (Å²) in [4.78, 5) is 12.7. The van der Waals surface area contributed by atoms with Gasteiger partial charge in [0.25, 0.3) is 0 Å². The van der Waals surface area contributed by atoms with Gasteiger partial charge in [-0.1, -0.05) is 36.5 Å². The quantitative estimate of drug-likeness (QED) is 0.162. The first-order chi connectivity index (χ1) is 13.6. The van der Waals surface area contributed by atoms with E-state index in [1.165, 1.54) is 55.9 Å². The fourth-order valence-corrected chi connectivity index (χ4v) is 7.32. The van der Waals surface area contributed by atoms with Gasteiger partial charge in [-0.15, -0.1) is 0 Å². The molecule has 4 saturated carbocycles. The van der Waals surface area contributed by atoms with Crippen LogP contribution in [0.1, 0.15) is 51.4 Å². The molecule has 28 heavy (non-hydrogen) atoms. The lowest BCUT2D eigenvalue weighted by atomic mass is 9.43. The van der Waals surface area contributed by atoms with Crippen LogP contribution in [0.15, 0.2) is 47.9 Å². The molecule has 2 atom stereocenters. The minimum Gasteiger partial charge on any atom is -0.463 e. The molecule has 0 heterocycles. The second kappa shape index (κ2) is 8.62. The standard InChI is InChI=1S/C24H32O3S/c1-2-22(25)27-11-9-24-15-19-12-20(16-24)14-23(13-19,17-24)8-10-26-18-28-21-6-4-3-5-7-21/h2-7,19-20H,1,8-18H2. The first-order valence-corrected chi connectivity index (χ1v) is 11.6. The molecule has 0 amide bonds. The van der Waals surface area contributed by atoms with Crippen LogP contribution in [0.25, 0.3) is 0 Å². The Kier molecular flexibility index (Phi) is 6.17. The zero-order chi connectivity index (χ0) is 19.5. The van der Waals surface area contributed by atoms with Gasteiger partial charge in [0, 0.05) is 17.6 Å². The van der Waals surface area contributed by atoms with Gasteiger partial charge in [-0.25, -0.2) is 4.79 Å². The minimum absolute atomic E-state index is 0.288. The van der Waals surface area contributed by atoms with Crippen molar-refractivity contribution in [3.05, 3.63) is 43.0 Å². The van der Waals surface area contributed by atoms with Crippen LogP contribution in [0.5, 0.6) is 0 Å². The van der Waals surface area contributed by atoms with Crippen LogP contribution in [0.2, 0.25) is 0 Å². The SMILES string of the molecule is C=CC(=O)OCCC12CC3CC(CC(CCOCSc4ccccc4)(C3)C1)C2. The molecule has 0 saturated heterocycles. The summed E-state index contributed by atoms with van der Waals surface area (Å²) in [6, 6.07) is 10.5. The number of rotatable bonds is 10. The third kappa shape index (κ3) is 4.65. The second-order valence-corrected chi connectivity index (χ2v) is 10.3. The number of carbonyl (C=O) groups is 1. The van der Waals surface area contributed by atoms with Crippen molar-refractivity contribution in [1.82, 2.24) is 0 Å². The third-order valence-corrected chi connectivity index (χ3v) is 8.07. The summed E-state index contributed by atoms with van der Waals surface area (Å²) in [7, 11) is 0. The van der Waals surface area contributed by atoms with Gasteiger partial charge in [0.2, 0.25) is 0 Å². The summed E-state index contributed by atoms with van der Waals surface area (Å²) >= 11 is 1.77. The van der Waals surface area contributed by atoms with E-state index in [1.807, 2.05) is 6.07 Å². The van der Waals surface area contributed by atoms with Crippen molar-refractivity contribution in [3.8, 4) is 0 Å². The first-order valence-electron chi connectivity index (χ1n) is 10.7. The molecule has 3 nitrogen and oxygen atoms in total. The lowest BCUT2D eigenvalue weighted by Crippen LogP contribution is -2.52.